The van der Waals surface area contributed by atoms with Crippen LogP contribution in [0.5, 0.6) is 0 Å². The summed E-state index contributed by atoms with van der Waals surface area (Å²) in [7, 11) is -1.69. The highest BCUT2D eigenvalue weighted by Crippen LogP contribution is 2.26. The number of sulfonamides is 1. The molecule has 0 saturated carbocycles. The van der Waals surface area contributed by atoms with Crippen LogP contribution in [0.1, 0.15) is 41.6 Å². The molecule has 3 aromatic rings. The second-order valence-corrected chi connectivity index (χ2v) is 11.1. The minimum Gasteiger partial charge on any atom is -0.319 e. The largest absolute Gasteiger partial charge is 0.319 e. The molecule has 1 aliphatic heterocycles. The van der Waals surface area contributed by atoms with Gasteiger partial charge in [0.05, 0.1) is 15.1 Å². The third kappa shape index (κ3) is 4.35. The fraction of sp³-hybridized carbons (Fsp3) is 0.364. The zero-order valence-corrected chi connectivity index (χ0v) is 19.9. The number of aryl methyl sites for hydroxylation is 2. The van der Waals surface area contributed by atoms with Crippen molar-refractivity contribution in [3.8, 4) is 0 Å². The summed E-state index contributed by atoms with van der Waals surface area (Å²) in [5.74, 6) is -0.412. The standard InChI is InChI=1S/C22H24ClN3O3S2/c1-15-18(23)11-12-19-20(15)25(2)22(30-19)24-21(27)16-7-9-17(10-8-16)31(28,29)26-13-5-3-4-6-14-26/h7-12H,3-6,13-14H2,1-2H3. The highest BCUT2D eigenvalue weighted by atomic mass is 35.5. The zero-order chi connectivity index (χ0) is 22.2. The Hall–Kier alpha value is -2.00. The van der Waals surface area contributed by atoms with Gasteiger partial charge < -0.3 is 4.57 Å². The average molecular weight is 478 g/mol. The third-order valence-corrected chi connectivity index (χ3v) is 9.07. The van der Waals surface area contributed by atoms with Crippen LogP contribution in [0, 0.1) is 6.92 Å². The van der Waals surface area contributed by atoms with Gasteiger partial charge in [0.1, 0.15) is 0 Å². The van der Waals surface area contributed by atoms with Crippen molar-refractivity contribution in [2.75, 3.05) is 13.1 Å². The van der Waals surface area contributed by atoms with E-state index >= 15 is 0 Å². The molecule has 1 amide bonds. The Labute approximate surface area is 190 Å². The van der Waals surface area contributed by atoms with E-state index in [0.29, 0.717) is 28.5 Å². The number of thiazole rings is 1. The average Bonchev–Trinajstić information content (AvgIpc) is 2.93. The Bertz CT molecular complexity index is 1300. The quantitative estimate of drug-likeness (QED) is 0.557. The SMILES string of the molecule is Cc1c(Cl)ccc2sc(=NC(=O)c3ccc(S(=O)(=O)N4CCCCCC4)cc3)n(C)c12. The summed E-state index contributed by atoms with van der Waals surface area (Å²) in [6.45, 7) is 3.03. The summed E-state index contributed by atoms with van der Waals surface area (Å²) >= 11 is 7.64. The Morgan fingerprint density at radius 1 is 1.03 bits per heavy atom. The van der Waals surface area contributed by atoms with Gasteiger partial charge in [0.25, 0.3) is 5.91 Å². The van der Waals surface area contributed by atoms with E-state index in [-0.39, 0.29) is 4.90 Å². The summed E-state index contributed by atoms with van der Waals surface area (Å²) in [4.78, 5) is 17.8. The van der Waals surface area contributed by atoms with Crippen molar-refractivity contribution >= 4 is 49.1 Å². The topological polar surface area (TPSA) is 71.7 Å². The van der Waals surface area contributed by atoms with Crippen molar-refractivity contribution < 1.29 is 13.2 Å². The summed E-state index contributed by atoms with van der Waals surface area (Å²) in [5.41, 5.74) is 2.24. The van der Waals surface area contributed by atoms with Crippen molar-refractivity contribution in [2.45, 2.75) is 37.5 Å². The molecule has 1 saturated heterocycles. The third-order valence-electron chi connectivity index (χ3n) is 5.65. The number of carbonyl (C=O) groups excluding carboxylic acids is 1. The van der Waals surface area contributed by atoms with Crippen molar-refractivity contribution in [2.24, 2.45) is 12.0 Å². The van der Waals surface area contributed by atoms with Gasteiger partial charge in [-0.2, -0.15) is 9.30 Å². The van der Waals surface area contributed by atoms with Crippen LogP contribution in [0.25, 0.3) is 10.2 Å². The first-order chi connectivity index (χ1) is 14.8. The number of hydrogen-bond acceptors (Lipinski definition) is 4. The monoisotopic (exact) mass is 477 g/mol. The van der Waals surface area contributed by atoms with Gasteiger partial charge in [0.15, 0.2) is 4.80 Å². The Balaban J connectivity index is 1.63. The maximum Gasteiger partial charge on any atom is 0.279 e. The van der Waals surface area contributed by atoms with Gasteiger partial charge >= 0.3 is 0 Å². The molecule has 0 unspecified atom stereocenters. The van der Waals surface area contributed by atoms with Gasteiger partial charge in [0.2, 0.25) is 10.0 Å². The molecule has 2 heterocycles. The van der Waals surface area contributed by atoms with Crippen molar-refractivity contribution in [3.05, 3.63) is 57.3 Å². The molecule has 1 fully saturated rings. The molecule has 9 heteroatoms. The number of rotatable bonds is 3. The molecule has 0 radical (unpaired) electrons. The highest BCUT2D eigenvalue weighted by Gasteiger charge is 2.25. The Morgan fingerprint density at radius 3 is 2.32 bits per heavy atom. The fourth-order valence-electron chi connectivity index (χ4n) is 3.86. The van der Waals surface area contributed by atoms with Crippen LogP contribution in [0.15, 0.2) is 46.3 Å². The normalized spacial score (nSPS) is 16.5. The van der Waals surface area contributed by atoms with Crippen molar-refractivity contribution in [3.63, 3.8) is 0 Å². The van der Waals surface area contributed by atoms with Gasteiger partial charge in [-0.1, -0.05) is 35.8 Å². The predicted molar refractivity (Wildman–Crippen MR) is 124 cm³/mol. The molecule has 164 valence electrons. The number of fused-ring (bicyclic) bond motifs is 1. The number of hydrogen-bond donors (Lipinski definition) is 0. The van der Waals surface area contributed by atoms with Crippen LogP contribution in [0.4, 0.5) is 0 Å². The van der Waals surface area contributed by atoms with E-state index in [1.807, 2.05) is 30.7 Å². The Kier molecular flexibility index (Phi) is 6.35. The van der Waals surface area contributed by atoms with Gasteiger partial charge in [-0.15, -0.1) is 0 Å². The summed E-state index contributed by atoms with van der Waals surface area (Å²) < 4.78 is 30.2. The van der Waals surface area contributed by atoms with Crippen molar-refractivity contribution in [1.82, 2.24) is 8.87 Å². The van der Waals surface area contributed by atoms with Crippen LogP contribution in [-0.2, 0) is 17.1 Å². The van der Waals surface area contributed by atoms with Crippen LogP contribution in [0.3, 0.4) is 0 Å². The predicted octanol–water partition coefficient (Wildman–Crippen LogP) is 4.51. The molecule has 0 spiro atoms. The number of amides is 1. The second kappa shape index (κ2) is 8.86. The lowest BCUT2D eigenvalue weighted by Crippen LogP contribution is -2.31. The molecule has 1 aromatic heterocycles. The maximum absolute atomic E-state index is 12.9. The van der Waals surface area contributed by atoms with Gasteiger partial charge in [-0.3, -0.25) is 4.79 Å². The summed E-state index contributed by atoms with van der Waals surface area (Å²) in [6.07, 6.45) is 3.88. The minimum absolute atomic E-state index is 0.212. The molecule has 2 aromatic carbocycles. The molecule has 6 nitrogen and oxygen atoms in total. The maximum atomic E-state index is 12.9. The molecule has 1 aliphatic rings. The minimum atomic E-state index is -3.54. The molecule has 4 rings (SSSR count). The molecule has 0 atom stereocenters. The number of nitrogens with zero attached hydrogens (tertiary/aromatic N) is 3. The summed E-state index contributed by atoms with van der Waals surface area (Å²) in [6, 6.07) is 9.82. The zero-order valence-electron chi connectivity index (χ0n) is 17.5. The lowest BCUT2D eigenvalue weighted by Gasteiger charge is -2.19. The Morgan fingerprint density at radius 2 is 1.68 bits per heavy atom. The molecule has 0 N–H and O–H groups in total. The van der Waals surface area contributed by atoms with E-state index < -0.39 is 15.9 Å². The summed E-state index contributed by atoms with van der Waals surface area (Å²) in [5, 5.41) is 0.667. The van der Waals surface area contributed by atoms with E-state index in [9.17, 15) is 13.2 Å². The van der Waals surface area contributed by atoms with E-state index in [1.54, 1.807) is 4.31 Å². The van der Waals surface area contributed by atoms with E-state index in [1.165, 1.54) is 35.6 Å². The lowest BCUT2D eigenvalue weighted by atomic mass is 10.2. The number of aromatic nitrogens is 1. The number of benzene rings is 2. The van der Waals surface area contributed by atoms with Crippen LogP contribution < -0.4 is 4.80 Å². The smallest absolute Gasteiger partial charge is 0.279 e. The first-order valence-electron chi connectivity index (χ1n) is 10.2. The molecule has 31 heavy (non-hydrogen) atoms. The number of halogens is 1. The van der Waals surface area contributed by atoms with E-state index in [0.717, 1.165) is 41.5 Å². The van der Waals surface area contributed by atoms with Gasteiger partial charge in [-0.05, 0) is 61.7 Å². The first-order valence-corrected chi connectivity index (χ1v) is 12.9. The van der Waals surface area contributed by atoms with Crippen LogP contribution in [0.2, 0.25) is 5.02 Å². The fourth-order valence-corrected chi connectivity index (χ4v) is 6.61. The van der Waals surface area contributed by atoms with Gasteiger partial charge in [0, 0.05) is 30.7 Å². The van der Waals surface area contributed by atoms with E-state index in [4.69, 9.17) is 11.6 Å². The van der Waals surface area contributed by atoms with Crippen LogP contribution >= 0.6 is 22.9 Å². The first kappa shape index (κ1) is 22.2. The molecule has 0 aliphatic carbocycles. The second-order valence-electron chi connectivity index (χ2n) is 7.72. The molecule has 0 bridgehead atoms. The van der Waals surface area contributed by atoms with Crippen LogP contribution in [-0.4, -0.2) is 36.3 Å². The molecular weight excluding hydrogens is 454 g/mol. The van der Waals surface area contributed by atoms with Gasteiger partial charge in [-0.25, -0.2) is 8.42 Å². The number of carbonyl (C=O) groups is 1. The van der Waals surface area contributed by atoms with E-state index in [2.05, 4.69) is 4.99 Å². The lowest BCUT2D eigenvalue weighted by molar-refractivity contribution is 0.0998. The van der Waals surface area contributed by atoms with Crippen molar-refractivity contribution in [1.29, 1.82) is 0 Å². The molecular formula is C22H24ClN3O3S2. The highest BCUT2D eigenvalue weighted by molar-refractivity contribution is 7.89.